The molecule has 16 heavy (non-hydrogen) atoms. The van der Waals surface area contributed by atoms with Crippen molar-refractivity contribution in [1.82, 2.24) is 10.0 Å². The molecule has 88 valence electrons. The van der Waals surface area contributed by atoms with Gasteiger partial charge in [-0.3, -0.25) is 0 Å². The number of piperidine rings is 1. The lowest BCUT2D eigenvalue weighted by Crippen LogP contribution is -2.45. The molecule has 1 heterocycles. The van der Waals surface area contributed by atoms with Crippen LogP contribution in [0.3, 0.4) is 0 Å². The number of aliphatic hydroxyl groups excluding tert-OH is 1. The average Bonchev–Trinajstić information content (AvgIpc) is 2.38. The molecule has 1 aromatic rings. The molecule has 0 saturated carbocycles. The van der Waals surface area contributed by atoms with Gasteiger partial charge < -0.3 is 5.11 Å². The fourth-order valence-corrected chi connectivity index (χ4v) is 2.19. The minimum Gasteiger partial charge on any atom is -0.380 e. The van der Waals surface area contributed by atoms with E-state index in [0.29, 0.717) is 0 Å². The number of benzene rings is 1. The standard InChI is InChI=1S/C13H20N2O/c16-12-15(14-9-5-2-6-10-14)11-13-7-3-1-4-8-13/h1,3-4,7-8,16H,2,5-6,9-12H2. The first kappa shape index (κ1) is 11.6. The monoisotopic (exact) mass is 220 g/mol. The quantitative estimate of drug-likeness (QED) is 0.784. The van der Waals surface area contributed by atoms with E-state index in [1.165, 1.54) is 24.8 Å². The van der Waals surface area contributed by atoms with Gasteiger partial charge in [0.05, 0.1) is 0 Å². The molecule has 2 rings (SSSR count). The summed E-state index contributed by atoms with van der Waals surface area (Å²) >= 11 is 0. The number of aliphatic hydroxyl groups is 1. The Labute approximate surface area is 97.3 Å². The molecule has 1 aliphatic heterocycles. The maximum Gasteiger partial charge on any atom is 0.109 e. The Bertz CT molecular complexity index is 296. The number of hydrazine groups is 1. The van der Waals surface area contributed by atoms with Gasteiger partial charge in [-0.05, 0) is 18.4 Å². The molecular formula is C13H20N2O. The minimum absolute atomic E-state index is 0.106. The Morgan fingerprint density at radius 1 is 1.06 bits per heavy atom. The summed E-state index contributed by atoms with van der Waals surface area (Å²) in [6.45, 7) is 3.06. The number of nitrogens with zero attached hydrogens (tertiary/aromatic N) is 2. The van der Waals surface area contributed by atoms with Gasteiger partial charge in [0.15, 0.2) is 0 Å². The van der Waals surface area contributed by atoms with Crippen molar-refractivity contribution < 1.29 is 5.11 Å². The molecule has 0 unspecified atom stereocenters. The lowest BCUT2D eigenvalue weighted by atomic mass is 10.1. The second kappa shape index (κ2) is 5.99. The molecular weight excluding hydrogens is 200 g/mol. The normalized spacial score (nSPS) is 17.9. The van der Waals surface area contributed by atoms with Gasteiger partial charge in [-0.1, -0.05) is 36.8 Å². The predicted octanol–water partition coefficient (Wildman–Crippen LogP) is 1.84. The number of rotatable bonds is 4. The molecule has 0 radical (unpaired) electrons. The first-order valence-corrected chi connectivity index (χ1v) is 6.05. The molecule has 3 nitrogen and oxygen atoms in total. The van der Waals surface area contributed by atoms with Crippen LogP contribution in [0.2, 0.25) is 0 Å². The average molecular weight is 220 g/mol. The summed E-state index contributed by atoms with van der Waals surface area (Å²) in [5.41, 5.74) is 1.25. The highest BCUT2D eigenvalue weighted by atomic mass is 16.3. The van der Waals surface area contributed by atoms with E-state index < -0.39 is 0 Å². The highest BCUT2D eigenvalue weighted by Gasteiger charge is 2.17. The van der Waals surface area contributed by atoms with Crippen LogP contribution in [-0.2, 0) is 6.54 Å². The van der Waals surface area contributed by atoms with Crippen LogP contribution < -0.4 is 0 Å². The summed E-state index contributed by atoms with van der Waals surface area (Å²) in [4.78, 5) is 0. The molecule has 1 saturated heterocycles. The van der Waals surface area contributed by atoms with Crippen molar-refractivity contribution in [3.05, 3.63) is 35.9 Å². The smallest absolute Gasteiger partial charge is 0.109 e. The largest absolute Gasteiger partial charge is 0.380 e. The zero-order chi connectivity index (χ0) is 11.2. The summed E-state index contributed by atoms with van der Waals surface area (Å²) < 4.78 is 0. The highest BCUT2D eigenvalue weighted by Crippen LogP contribution is 2.13. The topological polar surface area (TPSA) is 26.7 Å². The van der Waals surface area contributed by atoms with E-state index in [9.17, 15) is 5.11 Å². The van der Waals surface area contributed by atoms with Crippen LogP contribution in [0.15, 0.2) is 30.3 Å². The van der Waals surface area contributed by atoms with Crippen molar-refractivity contribution in [2.45, 2.75) is 25.8 Å². The molecule has 0 atom stereocenters. The summed E-state index contributed by atoms with van der Waals surface area (Å²) in [6, 6.07) is 10.3. The molecule has 0 amide bonds. The van der Waals surface area contributed by atoms with Gasteiger partial charge in [0.25, 0.3) is 0 Å². The van der Waals surface area contributed by atoms with Crippen molar-refractivity contribution in [3.63, 3.8) is 0 Å². The van der Waals surface area contributed by atoms with E-state index in [0.717, 1.165) is 19.6 Å². The van der Waals surface area contributed by atoms with Crippen LogP contribution in [-0.4, -0.2) is 34.9 Å². The van der Waals surface area contributed by atoms with E-state index in [1.807, 2.05) is 23.2 Å². The molecule has 0 aliphatic carbocycles. The van der Waals surface area contributed by atoms with E-state index in [1.54, 1.807) is 0 Å². The Morgan fingerprint density at radius 2 is 1.75 bits per heavy atom. The van der Waals surface area contributed by atoms with Gasteiger partial charge >= 0.3 is 0 Å². The Balaban J connectivity index is 1.94. The summed E-state index contributed by atoms with van der Waals surface area (Å²) in [6.07, 6.45) is 3.80. The molecule has 1 aliphatic rings. The summed E-state index contributed by atoms with van der Waals surface area (Å²) in [5.74, 6) is 0. The minimum atomic E-state index is 0.106. The second-order valence-electron chi connectivity index (χ2n) is 4.31. The van der Waals surface area contributed by atoms with Gasteiger partial charge in [0.2, 0.25) is 0 Å². The molecule has 1 N–H and O–H groups in total. The second-order valence-corrected chi connectivity index (χ2v) is 4.31. The van der Waals surface area contributed by atoms with E-state index in [-0.39, 0.29) is 6.73 Å². The van der Waals surface area contributed by atoms with Crippen LogP contribution in [0, 0.1) is 0 Å². The zero-order valence-electron chi connectivity index (χ0n) is 9.68. The van der Waals surface area contributed by atoms with E-state index in [4.69, 9.17) is 0 Å². The highest BCUT2D eigenvalue weighted by molar-refractivity contribution is 5.14. The van der Waals surface area contributed by atoms with Crippen molar-refractivity contribution in [2.75, 3.05) is 19.8 Å². The van der Waals surface area contributed by atoms with Gasteiger partial charge in [-0.15, -0.1) is 0 Å². The first-order chi connectivity index (χ1) is 7.90. The van der Waals surface area contributed by atoms with E-state index >= 15 is 0 Å². The fraction of sp³-hybridized carbons (Fsp3) is 0.538. The van der Waals surface area contributed by atoms with Crippen molar-refractivity contribution in [1.29, 1.82) is 0 Å². The van der Waals surface area contributed by atoms with Crippen LogP contribution in [0.25, 0.3) is 0 Å². The predicted molar refractivity (Wildman–Crippen MR) is 64.5 cm³/mol. The van der Waals surface area contributed by atoms with Crippen LogP contribution in [0.5, 0.6) is 0 Å². The Morgan fingerprint density at radius 3 is 2.38 bits per heavy atom. The van der Waals surface area contributed by atoms with Crippen LogP contribution >= 0.6 is 0 Å². The maximum atomic E-state index is 9.42. The third-order valence-corrected chi connectivity index (χ3v) is 3.10. The van der Waals surface area contributed by atoms with Crippen molar-refractivity contribution >= 4 is 0 Å². The SMILES string of the molecule is OCN(Cc1ccccc1)N1CCCCC1. The third kappa shape index (κ3) is 3.04. The number of hydrogen-bond donors (Lipinski definition) is 1. The van der Waals surface area contributed by atoms with Crippen molar-refractivity contribution in [2.24, 2.45) is 0 Å². The van der Waals surface area contributed by atoms with Crippen molar-refractivity contribution in [3.8, 4) is 0 Å². The first-order valence-electron chi connectivity index (χ1n) is 6.05. The Kier molecular flexibility index (Phi) is 4.34. The summed E-state index contributed by atoms with van der Waals surface area (Å²) in [7, 11) is 0. The molecule has 0 aromatic heterocycles. The van der Waals surface area contributed by atoms with Gasteiger partial charge in [0, 0.05) is 19.6 Å². The fourth-order valence-electron chi connectivity index (χ4n) is 2.19. The van der Waals surface area contributed by atoms with Crippen LogP contribution in [0.1, 0.15) is 24.8 Å². The molecule has 0 bridgehead atoms. The molecule has 1 fully saturated rings. The zero-order valence-corrected chi connectivity index (χ0v) is 9.68. The molecule has 1 aromatic carbocycles. The van der Waals surface area contributed by atoms with E-state index in [2.05, 4.69) is 17.1 Å². The Hall–Kier alpha value is -0.900. The van der Waals surface area contributed by atoms with Crippen LogP contribution in [0.4, 0.5) is 0 Å². The summed E-state index contributed by atoms with van der Waals surface area (Å²) in [5, 5.41) is 13.7. The lowest BCUT2D eigenvalue weighted by Gasteiger charge is -2.36. The van der Waals surface area contributed by atoms with Gasteiger partial charge in [-0.2, -0.15) is 0 Å². The number of hydrogen-bond acceptors (Lipinski definition) is 3. The molecule has 0 spiro atoms. The van der Waals surface area contributed by atoms with Gasteiger partial charge in [-0.25, -0.2) is 10.0 Å². The molecule has 3 heteroatoms. The maximum absolute atomic E-state index is 9.42. The third-order valence-electron chi connectivity index (χ3n) is 3.10. The van der Waals surface area contributed by atoms with Gasteiger partial charge in [0.1, 0.15) is 6.73 Å². The lowest BCUT2D eigenvalue weighted by molar-refractivity contribution is -0.0982.